The molecule has 8 rings (SSSR count). The summed E-state index contributed by atoms with van der Waals surface area (Å²) >= 11 is 0. The molecule has 1 unspecified atom stereocenters. The number of ether oxygens (including phenoxy) is 1. The van der Waals surface area contributed by atoms with Crippen LogP contribution in [-0.4, -0.2) is 79.3 Å². The molecule has 0 bridgehead atoms. The van der Waals surface area contributed by atoms with E-state index in [1.807, 2.05) is 34.5 Å². The normalized spacial score (nSPS) is 18.8. The first-order valence-electron chi connectivity index (χ1n) is 20.0. The number of nitrogens with one attached hydrogen (secondary N) is 2. The summed E-state index contributed by atoms with van der Waals surface area (Å²) in [4.78, 5) is 37.4. The molecule has 3 saturated heterocycles. The number of carbonyl (C=O) groups excluding carboxylic acids is 2. The Morgan fingerprint density at radius 1 is 1.02 bits per heavy atom. The van der Waals surface area contributed by atoms with Gasteiger partial charge in [0.15, 0.2) is 17.3 Å². The molecule has 2 amide bonds. The van der Waals surface area contributed by atoms with E-state index in [9.17, 15) is 19.2 Å². The van der Waals surface area contributed by atoms with Crippen molar-refractivity contribution in [3.8, 4) is 23.1 Å². The van der Waals surface area contributed by atoms with Crippen LogP contribution < -0.4 is 26.0 Å². The maximum atomic E-state index is 13.9. The first-order chi connectivity index (χ1) is 28.2. The molecule has 58 heavy (non-hydrogen) atoms. The molecule has 3 fully saturated rings. The number of likely N-dealkylation sites (tertiary alicyclic amines) is 1. The van der Waals surface area contributed by atoms with Gasteiger partial charge in [0.05, 0.1) is 24.8 Å². The number of rotatable bonds is 12. The average Bonchev–Trinajstić information content (AvgIpc) is 3.86. The Hall–Kier alpha value is -6.27. The number of imide groups is 1. The number of imidazole rings is 1. The van der Waals surface area contributed by atoms with Crippen LogP contribution in [0.5, 0.6) is 5.75 Å². The van der Waals surface area contributed by atoms with E-state index >= 15 is 0 Å². The van der Waals surface area contributed by atoms with Crippen molar-refractivity contribution in [2.45, 2.75) is 76.7 Å². The summed E-state index contributed by atoms with van der Waals surface area (Å²) in [6, 6.07) is 18.6. The van der Waals surface area contributed by atoms with Gasteiger partial charge in [0.25, 0.3) is 0 Å². The number of carbonyl (C=O) groups is 2. The highest BCUT2D eigenvalue weighted by Crippen LogP contribution is 2.33. The molecule has 0 radical (unpaired) electrons. The van der Waals surface area contributed by atoms with Crippen LogP contribution >= 0.6 is 0 Å². The number of anilines is 3. The number of halogens is 1. The van der Waals surface area contributed by atoms with Crippen molar-refractivity contribution < 1.29 is 18.7 Å². The summed E-state index contributed by atoms with van der Waals surface area (Å²) in [6.45, 7) is 7.32. The Bertz CT molecular complexity index is 2280. The average molecular weight is 786 g/mol. The zero-order chi connectivity index (χ0) is 40.2. The van der Waals surface area contributed by atoms with Crippen LogP contribution in [0.4, 0.5) is 21.6 Å². The number of nitrogens with zero attached hydrogens (tertiary/aromatic N) is 8. The largest absolute Gasteiger partial charge is 0.482 e. The molecule has 2 atom stereocenters. The number of amides is 2. The van der Waals surface area contributed by atoms with Gasteiger partial charge in [0, 0.05) is 67.0 Å². The molecule has 3 aliphatic heterocycles. The number of nitriles is 1. The quantitative estimate of drug-likeness (QED) is 0.136. The second-order valence-electron chi connectivity index (χ2n) is 15.6. The van der Waals surface area contributed by atoms with Gasteiger partial charge in [0.2, 0.25) is 11.8 Å². The van der Waals surface area contributed by atoms with Crippen molar-refractivity contribution in [1.82, 2.24) is 34.5 Å². The summed E-state index contributed by atoms with van der Waals surface area (Å²) in [5, 5.41) is 20.3. The molecule has 2 aromatic carbocycles. The van der Waals surface area contributed by atoms with Crippen LogP contribution in [0.2, 0.25) is 0 Å². The monoisotopic (exact) mass is 785 g/mol. The van der Waals surface area contributed by atoms with Crippen molar-refractivity contribution in [2.24, 2.45) is 5.92 Å². The summed E-state index contributed by atoms with van der Waals surface area (Å²) in [5.41, 5.74) is 11.4. The van der Waals surface area contributed by atoms with Crippen molar-refractivity contribution in [3.63, 3.8) is 0 Å². The van der Waals surface area contributed by atoms with Crippen LogP contribution in [0.25, 0.3) is 11.3 Å². The third-order valence-electron chi connectivity index (χ3n) is 11.6. The number of benzene rings is 2. The lowest BCUT2D eigenvalue weighted by Gasteiger charge is -2.42. The smallest absolute Gasteiger partial charge is 0.249 e. The first-order valence-corrected chi connectivity index (χ1v) is 20.0. The van der Waals surface area contributed by atoms with E-state index in [1.165, 1.54) is 17.8 Å². The summed E-state index contributed by atoms with van der Waals surface area (Å²) in [7, 11) is 0. The van der Waals surface area contributed by atoms with Crippen molar-refractivity contribution in [1.29, 1.82) is 5.26 Å². The van der Waals surface area contributed by atoms with Gasteiger partial charge in [-0.3, -0.25) is 19.6 Å². The number of hydrogen-bond acceptors (Lipinski definition) is 11. The van der Waals surface area contributed by atoms with Crippen molar-refractivity contribution in [2.75, 3.05) is 42.1 Å². The third kappa shape index (κ3) is 8.82. The summed E-state index contributed by atoms with van der Waals surface area (Å²) in [6.07, 6.45) is 12.1. The van der Waals surface area contributed by atoms with E-state index in [4.69, 9.17) is 15.6 Å². The fourth-order valence-corrected chi connectivity index (χ4v) is 8.42. The highest BCUT2D eigenvalue weighted by Gasteiger charge is 2.30. The summed E-state index contributed by atoms with van der Waals surface area (Å²) in [5.74, 6) is 0.246. The second kappa shape index (κ2) is 17.1. The topological polar surface area (TPSA) is 172 Å². The molecule has 0 spiro atoms. The molecule has 4 N–H and O–H groups in total. The van der Waals surface area contributed by atoms with Gasteiger partial charge in [-0.1, -0.05) is 12.1 Å². The van der Waals surface area contributed by atoms with Crippen LogP contribution in [0, 0.1) is 23.1 Å². The number of aromatic nitrogens is 5. The van der Waals surface area contributed by atoms with Crippen LogP contribution in [-0.2, 0) is 22.7 Å². The molecule has 3 aromatic heterocycles. The molecule has 3 aliphatic rings. The highest BCUT2D eigenvalue weighted by molar-refractivity contribution is 6.01. The van der Waals surface area contributed by atoms with Crippen molar-refractivity contribution in [3.05, 3.63) is 102 Å². The third-order valence-corrected chi connectivity index (χ3v) is 11.6. The fourth-order valence-electron chi connectivity index (χ4n) is 8.42. The Kier molecular flexibility index (Phi) is 11.4. The minimum atomic E-state index is -0.484. The van der Waals surface area contributed by atoms with Crippen LogP contribution in [0.1, 0.15) is 68.4 Å². The van der Waals surface area contributed by atoms with Gasteiger partial charge >= 0.3 is 0 Å². The van der Waals surface area contributed by atoms with Gasteiger partial charge in [0.1, 0.15) is 24.0 Å². The van der Waals surface area contributed by atoms with E-state index in [1.54, 1.807) is 30.7 Å². The maximum Gasteiger partial charge on any atom is 0.249 e. The van der Waals surface area contributed by atoms with Crippen LogP contribution in [0.3, 0.4) is 0 Å². The molecular formula is C43H48FN11O3. The lowest BCUT2D eigenvalue weighted by Crippen LogP contribution is -2.48. The number of pyridine rings is 1. The molecule has 0 aliphatic carbocycles. The lowest BCUT2D eigenvalue weighted by atomic mass is 9.93. The maximum absolute atomic E-state index is 13.9. The number of piperidine rings is 3. The first kappa shape index (κ1) is 38.6. The van der Waals surface area contributed by atoms with E-state index in [0.717, 1.165) is 69.7 Å². The van der Waals surface area contributed by atoms with Crippen LogP contribution in [0.15, 0.2) is 79.5 Å². The zero-order valence-corrected chi connectivity index (χ0v) is 32.6. The molecule has 6 heterocycles. The van der Waals surface area contributed by atoms with Gasteiger partial charge in [-0.2, -0.15) is 10.4 Å². The minimum Gasteiger partial charge on any atom is -0.482 e. The Labute approximate surface area is 336 Å². The molecule has 0 saturated carbocycles. The van der Waals surface area contributed by atoms with Gasteiger partial charge in [-0.05, 0) is 106 Å². The minimum absolute atomic E-state index is 0.191. The van der Waals surface area contributed by atoms with Gasteiger partial charge in [-0.25, -0.2) is 14.4 Å². The molecule has 15 heteroatoms. The predicted molar refractivity (Wildman–Crippen MR) is 217 cm³/mol. The van der Waals surface area contributed by atoms with E-state index < -0.39 is 6.10 Å². The number of nitrogen functional groups attached to an aromatic ring is 1. The van der Waals surface area contributed by atoms with E-state index in [0.29, 0.717) is 53.9 Å². The Morgan fingerprint density at radius 2 is 1.81 bits per heavy atom. The summed E-state index contributed by atoms with van der Waals surface area (Å²) < 4.78 is 23.9. The zero-order valence-electron chi connectivity index (χ0n) is 32.6. The number of hydrogen-bond donors (Lipinski definition) is 3. The Morgan fingerprint density at radius 3 is 2.55 bits per heavy atom. The van der Waals surface area contributed by atoms with Gasteiger partial charge in [-0.15, -0.1) is 0 Å². The fraction of sp³-hybridized carbons (Fsp3) is 0.395. The number of nitrogens with two attached hydrogens (primary N) is 1. The molecule has 300 valence electrons. The molecular weight excluding hydrogens is 738 g/mol. The molecule has 14 nitrogen and oxygen atoms in total. The van der Waals surface area contributed by atoms with Gasteiger partial charge < -0.3 is 30.2 Å². The molecule has 5 aromatic rings. The SMILES string of the molecule is C[C@@H](Oc1cc(-c2c(C#N)ncn2Cc2cnn(CC3CCN(C4CCN(c5ccc(NC6CCC(=O)NC6=O)cc5)CC4)CC3)c2)cnc1N)c1cccc(F)c1. The standard InChI is InChI=1S/C43H48FN11O3/c1-28(31-3-2-4-33(44)19-31)58-39-20-32(23-47-42(39)46)41-38(21-45)48-27-54(41)24-30-22-49-55(26-30)25-29-11-15-52(16-12-29)36-13-17-53(18-14-36)35-7-5-34(6-8-35)50-37-9-10-40(56)51-43(37)57/h2-8,19-20,22-23,26-29,36-37,50H,9-18,24-25H2,1H3,(H2,46,47)(H,51,56,57)/t28-,37?/m1/s1. The Balaban J connectivity index is 0.818. The lowest BCUT2D eigenvalue weighted by molar-refractivity contribution is -0.133. The van der Waals surface area contributed by atoms with E-state index in [-0.39, 0.29) is 35.2 Å². The highest BCUT2D eigenvalue weighted by atomic mass is 19.1. The second-order valence-corrected chi connectivity index (χ2v) is 15.6. The van der Waals surface area contributed by atoms with Crippen molar-refractivity contribution >= 4 is 29.0 Å². The van der Waals surface area contributed by atoms with E-state index in [2.05, 4.69) is 54.8 Å². The predicted octanol–water partition coefficient (Wildman–Crippen LogP) is 5.52.